The number of nitrogens with zero attached hydrogens (tertiary/aromatic N) is 1. The van der Waals surface area contributed by atoms with Gasteiger partial charge in [-0.3, -0.25) is 0 Å². The zero-order chi connectivity index (χ0) is 15.6. The first kappa shape index (κ1) is 19.5. The maximum Gasteiger partial charge on any atom is 0.256 e. The third-order valence-corrected chi connectivity index (χ3v) is 3.56. The van der Waals surface area contributed by atoms with Gasteiger partial charge < -0.3 is 4.90 Å². The van der Waals surface area contributed by atoms with E-state index in [2.05, 4.69) is 12.7 Å². The summed E-state index contributed by atoms with van der Waals surface area (Å²) in [7, 11) is 0. The first-order valence-corrected chi connectivity index (χ1v) is 6.84. The Kier molecular flexibility index (Phi) is 7.37. The summed E-state index contributed by atoms with van der Waals surface area (Å²) in [4.78, 5) is 1.32. The molecule has 1 aliphatic rings. The van der Waals surface area contributed by atoms with Gasteiger partial charge in [-0.25, -0.2) is 13.2 Å². The Labute approximate surface area is 158 Å². The Bertz CT molecular complexity index is 626. The third-order valence-electron chi connectivity index (χ3n) is 3.23. The number of aryl methyl sites for hydroxylation is 1. The summed E-state index contributed by atoms with van der Waals surface area (Å²) in [5.74, 6) is -0.361. The molecule has 0 aromatic heterocycles. The van der Waals surface area contributed by atoms with Gasteiger partial charge in [0.25, 0.3) is 6.43 Å². The number of halogens is 4. The number of benzene rings is 1. The van der Waals surface area contributed by atoms with Gasteiger partial charge in [-0.05, 0) is 29.3 Å². The number of hydrogen-bond donors (Lipinski definition) is 0. The molecule has 0 fully saturated rings. The van der Waals surface area contributed by atoms with Crippen LogP contribution < -0.4 is 0 Å². The van der Waals surface area contributed by atoms with E-state index >= 15 is 0 Å². The van der Waals surface area contributed by atoms with Gasteiger partial charge in [0.1, 0.15) is 5.82 Å². The predicted octanol–water partition coefficient (Wildman–Crippen LogP) is 4.75. The van der Waals surface area contributed by atoms with Crippen LogP contribution in [0.3, 0.4) is 0 Å². The molecular weight excluding hydrogens is 388 g/mol. The van der Waals surface area contributed by atoms with Crippen LogP contribution in [0, 0.1) is 11.9 Å². The van der Waals surface area contributed by atoms with Crippen molar-refractivity contribution in [3.05, 3.63) is 64.6 Å². The van der Waals surface area contributed by atoms with Gasteiger partial charge in [0.15, 0.2) is 0 Å². The second-order valence-corrected chi connectivity index (χ2v) is 5.00. The van der Waals surface area contributed by atoms with Crippen LogP contribution in [-0.4, -0.2) is 17.9 Å². The molecule has 0 atom stereocenters. The van der Waals surface area contributed by atoms with E-state index in [4.69, 9.17) is 11.6 Å². The molecule has 0 unspecified atom stereocenters. The Hall–Kier alpha value is -0.576. The molecule has 1 aromatic carbocycles. The minimum atomic E-state index is -2.55. The van der Waals surface area contributed by atoms with Crippen LogP contribution >= 0.6 is 11.6 Å². The summed E-state index contributed by atoms with van der Waals surface area (Å²) in [6, 6.07) is 4.26. The van der Waals surface area contributed by atoms with Crippen molar-refractivity contribution in [3.63, 3.8) is 0 Å². The van der Waals surface area contributed by atoms with Crippen LogP contribution in [0.2, 0.25) is 0 Å². The van der Waals surface area contributed by atoms with Gasteiger partial charge in [0.05, 0.1) is 6.54 Å². The van der Waals surface area contributed by atoms with E-state index in [0.29, 0.717) is 17.7 Å². The smallest absolute Gasteiger partial charge is 0.256 e. The maximum absolute atomic E-state index is 13.3. The largest absolute Gasteiger partial charge is 0.368 e. The number of alkyl halides is 2. The van der Waals surface area contributed by atoms with Crippen molar-refractivity contribution in [2.24, 2.45) is 0 Å². The monoisotopic (exact) mass is 401 g/mol. The van der Waals surface area contributed by atoms with Gasteiger partial charge in [0.2, 0.25) is 0 Å². The Balaban J connectivity index is 0.00000242. The van der Waals surface area contributed by atoms with Gasteiger partial charge in [-0.15, -0.1) is 6.07 Å². The first-order valence-electron chi connectivity index (χ1n) is 6.47. The minimum Gasteiger partial charge on any atom is -0.368 e. The van der Waals surface area contributed by atoms with E-state index in [1.807, 2.05) is 6.92 Å². The average Bonchev–Trinajstić information content (AvgIpc) is 2.44. The van der Waals surface area contributed by atoms with Crippen LogP contribution in [0.25, 0.3) is 5.70 Å². The summed E-state index contributed by atoms with van der Waals surface area (Å²) >= 11 is 5.94. The fourth-order valence-corrected chi connectivity index (χ4v) is 2.36. The molecule has 2 rings (SSSR count). The van der Waals surface area contributed by atoms with Crippen molar-refractivity contribution >= 4 is 17.3 Å². The minimum absolute atomic E-state index is 0. The molecule has 1 aromatic rings. The molecule has 22 heavy (non-hydrogen) atoms. The van der Waals surface area contributed by atoms with Gasteiger partial charge >= 0.3 is 0 Å². The van der Waals surface area contributed by atoms with Crippen LogP contribution in [0.15, 0.2) is 41.6 Å². The summed E-state index contributed by atoms with van der Waals surface area (Å²) in [6.07, 6.45) is 2.41. The first-order chi connectivity index (χ1) is 9.93. The Morgan fingerprint density at radius 2 is 2.05 bits per heavy atom. The summed E-state index contributed by atoms with van der Waals surface area (Å²) in [5, 5.41) is 0.263. The van der Waals surface area contributed by atoms with Gasteiger partial charge in [-0.1, -0.05) is 30.3 Å². The Morgan fingerprint density at radius 3 is 2.64 bits per heavy atom. The predicted molar refractivity (Wildman–Crippen MR) is 78.2 cm³/mol. The quantitative estimate of drug-likeness (QED) is 0.658. The van der Waals surface area contributed by atoms with Crippen molar-refractivity contribution in [2.45, 2.75) is 19.8 Å². The van der Waals surface area contributed by atoms with Gasteiger partial charge in [-0.2, -0.15) is 23.8 Å². The van der Waals surface area contributed by atoms with Crippen molar-refractivity contribution in [1.29, 1.82) is 0 Å². The molecule has 0 amide bonds. The fraction of sp³-hybridized carbons (Fsp3) is 0.250. The van der Waals surface area contributed by atoms with Crippen LogP contribution in [0.4, 0.5) is 13.2 Å². The van der Waals surface area contributed by atoms with E-state index < -0.39 is 13.0 Å². The molecule has 1 aliphatic heterocycles. The third kappa shape index (κ3) is 4.24. The number of rotatable bonds is 4. The van der Waals surface area contributed by atoms with Crippen molar-refractivity contribution in [1.82, 2.24) is 4.90 Å². The molecule has 0 N–H and O–H groups in total. The zero-order valence-corrected chi connectivity index (χ0v) is 15.6. The van der Waals surface area contributed by atoms with Crippen molar-refractivity contribution in [3.8, 4) is 0 Å². The van der Waals surface area contributed by atoms with E-state index in [0.717, 1.165) is 5.56 Å². The summed E-state index contributed by atoms with van der Waals surface area (Å²) in [6.45, 7) is 5.07. The van der Waals surface area contributed by atoms with Crippen molar-refractivity contribution < 1.29 is 45.9 Å². The molecule has 115 valence electrons. The number of hydrogen-bond acceptors (Lipinski definition) is 1. The zero-order valence-electron chi connectivity index (χ0n) is 12.0. The van der Waals surface area contributed by atoms with Gasteiger partial charge in [0, 0.05) is 32.7 Å². The second-order valence-electron chi connectivity index (χ2n) is 4.59. The molecule has 1 nitrogen and oxygen atoms in total. The topological polar surface area (TPSA) is 3.24 Å². The van der Waals surface area contributed by atoms with E-state index in [-0.39, 0.29) is 49.3 Å². The molecule has 1 heterocycles. The summed E-state index contributed by atoms with van der Waals surface area (Å²) in [5.41, 5.74) is 2.09. The fourth-order valence-electron chi connectivity index (χ4n) is 2.21. The summed E-state index contributed by atoms with van der Waals surface area (Å²) < 4.78 is 39.0. The SMILES string of the molecule is C=C1C(Cl)=C[C-]=C(c2ccc(F)cc2CC)N1CC(F)F.[Y]. The van der Waals surface area contributed by atoms with E-state index in [9.17, 15) is 13.2 Å². The standard InChI is InChI=1S/C16H14ClF3N.Y/c1-3-11-8-12(18)4-5-13(11)15-7-6-14(17)10(2)21(15)9-16(19)20;/h4-6,8,16H,2-3,9H2,1H3;/q-1;. The van der Waals surface area contributed by atoms with Crippen LogP contribution in [0.1, 0.15) is 18.1 Å². The molecule has 1 radical (unpaired) electrons. The molecule has 0 bridgehead atoms. The van der Waals surface area contributed by atoms with Crippen LogP contribution in [0.5, 0.6) is 0 Å². The normalized spacial score (nSPS) is 14.6. The average molecular weight is 402 g/mol. The van der Waals surface area contributed by atoms with E-state index in [1.165, 1.54) is 23.1 Å². The van der Waals surface area contributed by atoms with Crippen molar-refractivity contribution in [2.75, 3.05) is 6.54 Å². The molecule has 0 saturated carbocycles. The molecule has 0 aliphatic carbocycles. The molecule has 0 saturated heterocycles. The Morgan fingerprint density at radius 1 is 1.36 bits per heavy atom. The van der Waals surface area contributed by atoms with Crippen LogP contribution in [-0.2, 0) is 39.1 Å². The molecular formula is C16H14ClF3NY-. The number of allylic oxidation sites excluding steroid dienone is 3. The molecule has 0 spiro atoms. The molecule has 6 heteroatoms. The van der Waals surface area contributed by atoms with E-state index in [1.54, 1.807) is 6.07 Å². The maximum atomic E-state index is 13.3. The second kappa shape index (κ2) is 8.32.